The Balaban J connectivity index is 4.15. The van der Waals surface area contributed by atoms with Gasteiger partial charge in [-0.3, -0.25) is 14.4 Å². The quantitative estimate of drug-likeness (QED) is 0.493. The van der Waals surface area contributed by atoms with Crippen LogP contribution in [0.15, 0.2) is 0 Å². The summed E-state index contributed by atoms with van der Waals surface area (Å²) in [4.78, 5) is 31.8. The fraction of sp³-hybridized carbons (Fsp3) is 0.667. The Morgan fingerprint density at radius 2 is 2.00 bits per heavy atom. The predicted octanol–water partition coefficient (Wildman–Crippen LogP) is -0.652. The van der Waals surface area contributed by atoms with Gasteiger partial charge in [-0.2, -0.15) is 0 Å². The third-order valence-electron chi connectivity index (χ3n) is 1.71. The SMILES string of the molecule is CC(C)C[C@H](NC=O)C(=O)NCC(=O)O. The van der Waals surface area contributed by atoms with E-state index in [0.717, 1.165) is 0 Å². The van der Waals surface area contributed by atoms with Crippen molar-refractivity contribution in [3.05, 3.63) is 0 Å². The minimum absolute atomic E-state index is 0.234. The Hall–Kier alpha value is -1.59. The van der Waals surface area contributed by atoms with Crippen LogP contribution >= 0.6 is 0 Å². The maximum atomic E-state index is 11.4. The van der Waals surface area contributed by atoms with Crippen LogP contribution in [0.4, 0.5) is 0 Å². The number of rotatable bonds is 7. The minimum atomic E-state index is -1.11. The molecule has 0 bridgehead atoms. The maximum absolute atomic E-state index is 11.4. The van der Waals surface area contributed by atoms with Crippen molar-refractivity contribution in [2.75, 3.05) is 6.54 Å². The Bertz CT molecular complexity index is 240. The van der Waals surface area contributed by atoms with Crippen molar-refractivity contribution in [3.8, 4) is 0 Å². The highest BCUT2D eigenvalue weighted by Gasteiger charge is 2.18. The second-order valence-corrected chi connectivity index (χ2v) is 3.58. The van der Waals surface area contributed by atoms with Crippen LogP contribution in [-0.2, 0) is 14.4 Å². The van der Waals surface area contributed by atoms with Gasteiger partial charge < -0.3 is 15.7 Å². The normalized spacial score (nSPS) is 11.9. The second kappa shape index (κ2) is 6.80. The average Bonchev–Trinajstić information content (AvgIpc) is 2.12. The van der Waals surface area contributed by atoms with Gasteiger partial charge in [-0.15, -0.1) is 0 Å². The highest BCUT2D eigenvalue weighted by molar-refractivity contribution is 5.86. The summed E-state index contributed by atoms with van der Waals surface area (Å²) < 4.78 is 0. The molecule has 0 rings (SSSR count). The summed E-state index contributed by atoms with van der Waals surface area (Å²) in [6, 6.07) is -0.665. The molecule has 0 aromatic carbocycles. The summed E-state index contributed by atoms with van der Waals surface area (Å²) in [6.45, 7) is 3.38. The monoisotopic (exact) mass is 216 g/mol. The number of aliphatic carboxylic acids is 1. The maximum Gasteiger partial charge on any atom is 0.322 e. The minimum Gasteiger partial charge on any atom is -0.480 e. The summed E-state index contributed by atoms with van der Waals surface area (Å²) in [5.41, 5.74) is 0. The van der Waals surface area contributed by atoms with Crippen molar-refractivity contribution in [2.45, 2.75) is 26.3 Å². The number of amides is 2. The van der Waals surface area contributed by atoms with E-state index in [0.29, 0.717) is 12.8 Å². The Morgan fingerprint density at radius 3 is 2.40 bits per heavy atom. The van der Waals surface area contributed by atoms with Crippen molar-refractivity contribution in [2.24, 2.45) is 5.92 Å². The van der Waals surface area contributed by atoms with E-state index in [1.165, 1.54) is 0 Å². The molecule has 0 saturated heterocycles. The number of carboxylic acid groups (broad SMARTS) is 1. The lowest BCUT2D eigenvalue weighted by atomic mass is 10.0. The second-order valence-electron chi connectivity index (χ2n) is 3.58. The molecule has 6 nitrogen and oxygen atoms in total. The molecule has 3 N–H and O–H groups in total. The zero-order valence-electron chi connectivity index (χ0n) is 8.82. The largest absolute Gasteiger partial charge is 0.480 e. The van der Waals surface area contributed by atoms with Crippen LogP contribution < -0.4 is 10.6 Å². The zero-order valence-corrected chi connectivity index (χ0v) is 8.82. The highest BCUT2D eigenvalue weighted by Crippen LogP contribution is 2.04. The predicted molar refractivity (Wildman–Crippen MR) is 53.1 cm³/mol. The van der Waals surface area contributed by atoms with Gasteiger partial charge in [-0.05, 0) is 12.3 Å². The van der Waals surface area contributed by atoms with Crippen LogP contribution in [0.2, 0.25) is 0 Å². The van der Waals surface area contributed by atoms with E-state index in [-0.39, 0.29) is 5.92 Å². The number of hydrogen-bond acceptors (Lipinski definition) is 3. The molecule has 15 heavy (non-hydrogen) atoms. The van der Waals surface area contributed by atoms with Crippen LogP contribution in [0.1, 0.15) is 20.3 Å². The third-order valence-corrected chi connectivity index (χ3v) is 1.71. The first kappa shape index (κ1) is 13.4. The van der Waals surface area contributed by atoms with E-state index < -0.39 is 24.5 Å². The first-order valence-electron chi connectivity index (χ1n) is 4.66. The Morgan fingerprint density at radius 1 is 1.40 bits per heavy atom. The van der Waals surface area contributed by atoms with Gasteiger partial charge in [-0.1, -0.05) is 13.8 Å². The summed E-state index contributed by atoms with van der Waals surface area (Å²) in [5, 5.41) is 12.9. The highest BCUT2D eigenvalue weighted by atomic mass is 16.4. The molecule has 1 atom stereocenters. The molecular weight excluding hydrogens is 200 g/mol. The lowest BCUT2D eigenvalue weighted by molar-refractivity contribution is -0.138. The lowest BCUT2D eigenvalue weighted by Gasteiger charge is -2.16. The fourth-order valence-electron chi connectivity index (χ4n) is 1.09. The standard InChI is InChI=1S/C9H16N2O4/c1-6(2)3-7(11-5-12)9(15)10-4-8(13)14/h5-7H,3-4H2,1-2H3,(H,10,15)(H,11,12)(H,13,14)/t7-/m0/s1. The van der Waals surface area contributed by atoms with E-state index in [9.17, 15) is 14.4 Å². The van der Waals surface area contributed by atoms with E-state index in [2.05, 4.69) is 10.6 Å². The number of carbonyl (C=O) groups excluding carboxylic acids is 2. The number of hydrogen-bond donors (Lipinski definition) is 3. The van der Waals surface area contributed by atoms with E-state index >= 15 is 0 Å². The molecule has 0 saturated carbocycles. The Labute approximate surface area is 88.0 Å². The first-order valence-corrected chi connectivity index (χ1v) is 4.66. The van der Waals surface area contributed by atoms with Crippen molar-refractivity contribution in [3.63, 3.8) is 0 Å². The Kier molecular flexibility index (Phi) is 6.08. The van der Waals surface area contributed by atoms with Crippen LogP contribution in [0.25, 0.3) is 0 Å². The summed E-state index contributed by atoms with van der Waals surface area (Å²) in [5.74, 6) is -1.35. The topological polar surface area (TPSA) is 95.5 Å². The molecule has 0 aliphatic carbocycles. The molecule has 0 radical (unpaired) electrons. The molecular formula is C9H16N2O4. The average molecular weight is 216 g/mol. The van der Waals surface area contributed by atoms with Gasteiger partial charge in [0.1, 0.15) is 12.6 Å². The van der Waals surface area contributed by atoms with Gasteiger partial charge in [0, 0.05) is 0 Å². The zero-order chi connectivity index (χ0) is 11.8. The number of carbonyl (C=O) groups is 3. The van der Waals surface area contributed by atoms with Gasteiger partial charge in [-0.25, -0.2) is 0 Å². The first-order chi connectivity index (χ1) is 6.97. The summed E-state index contributed by atoms with van der Waals surface area (Å²) in [6.07, 6.45) is 0.914. The van der Waals surface area contributed by atoms with E-state index in [1.54, 1.807) is 0 Å². The molecule has 0 aliphatic rings. The third kappa shape index (κ3) is 6.48. The van der Waals surface area contributed by atoms with Gasteiger partial charge in [0.05, 0.1) is 0 Å². The number of carboxylic acids is 1. The molecule has 0 unspecified atom stereocenters. The fourth-order valence-corrected chi connectivity index (χ4v) is 1.09. The molecule has 2 amide bonds. The molecule has 0 aliphatic heterocycles. The molecule has 86 valence electrons. The molecule has 0 fully saturated rings. The van der Waals surface area contributed by atoms with Gasteiger partial charge in [0.25, 0.3) is 0 Å². The van der Waals surface area contributed by atoms with Crippen LogP contribution in [0.3, 0.4) is 0 Å². The van der Waals surface area contributed by atoms with Gasteiger partial charge in [0.15, 0.2) is 0 Å². The van der Waals surface area contributed by atoms with Crippen LogP contribution in [0, 0.1) is 5.92 Å². The van der Waals surface area contributed by atoms with E-state index in [1.807, 2.05) is 13.8 Å². The molecule has 0 aromatic rings. The molecule has 0 heterocycles. The molecule has 0 spiro atoms. The van der Waals surface area contributed by atoms with Crippen molar-refractivity contribution < 1.29 is 19.5 Å². The molecule has 6 heteroatoms. The smallest absolute Gasteiger partial charge is 0.322 e. The lowest BCUT2D eigenvalue weighted by Crippen LogP contribution is -2.45. The van der Waals surface area contributed by atoms with Crippen molar-refractivity contribution >= 4 is 18.3 Å². The van der Waals surface area contributed by atoms with E-state index in [4.69, 9.17) is 5.11 Å². The van der Waals surface area contributed by atoms with Crippen LogP contribution in [-0.4, -0.2) is 36.0 Å². The number of nitrogens with one attached hydrogen (secondary N) is 2. The van der Waals surface area contributed by atoms with Crippen molar-refractivity contribution in [1.29, 1.82) is 0 Å². The summed E-state index contributed by atoms with van der Waals surface area (Å²) >= 11 is 0. The van der Waals surface area contributed by atoms with Gasteiger partial charge in [0.2, 0.25) is 12.3 Å². The van der Waals surface area contributed by atoms with Crippen molar-refractivity contribution in [1.82, 2.24) is 10.6 Å². The summed E-state index contributed by atoms with van der Waals surface area (Å²) in [7, 11) is 0. The van der Waals surface area contributed by atoms with Gasteiger partial charge >= 0.3 is 5.97 Å². The molecule has 0 aromatic heterocycles. The van der Waals surface area contributed by atoms with Crippen LogP contribution in [0.5, 0.6) is 0 Å².